The fourth-order valence-corrected chi connectivity index (χ4v) is 3.08. The summed E-state index contributed by atoms with van der Waals surface area (Å²) < 4.78 is 0. The molecule has 18 heavy (non-hydrogen) atoms. The van der Waals surface area contributed by atoms with Gasteiger partial charge in [-0.3, -0.25) is 5.32 Å². The zero-order chi connectivity index (χ0) is 12.6. The van der Waals surface area contributed by atoms with Crippen molar-refractivity contribution in [3.8, 4) is 6.07 Å². The normalized spacial score (nSPS) is 17.7. The number of unbranched alkanes of at least 4 members (excludes halogenated alkanes) is 1. The van der Waals surface area contributed by atoms with E-state index in [-0.39, 0.29) is 6.04 Å². The summed E-state index contributed by atoms with van der Waals surface area (Å²) in [7, 11) is 0. The summed E-state index contributed by atoms with van der Waals surface area (Å²) >= 11 is 1.65. The van der Waals surface area contributed by atoms with Gasteiger partial charge in [-0.05, 0) is 74.3 Å². The third-order valence-electron chi connectivity index (χ3n) is 3.45. The molecule has 0 bridgehead atoms. The molecule has 1 unspecified atom stereocenters. The van der Waals surface area contributed by atoms with Crippen molar-refractivity contribution in [2.45, 2.75) is 31.7 Å². The number of hydrogen-bond donors (Lipinski definition) is 1. The Kier molecular flexibility index (Phi) is 5.66. The molecular weight excluding hydrogens is 242 g/mol. The summed E-state index contributed by atoms with van der Waals surface area (Å²) in [5, 5.41) is 16.5. The van der Waals surface area contributed by atoms with Crippen molar-refractivity contribution < 1.29 is 0 Å². The average molecular weight is 263 g/mol. The van der Waals surface area contributed by atoms with E-state index >= 15 is 0 Å². The average Bonchev–Trinajstić information content (AvgIpc) is 3.06. The number of rotatable bonds is 7. The molecule has 1 saturated heterocycles. The number of likely N-dealkylation sites (tertiary alicyclic amines) is 1. The van der Waals surface area contributed by atoms with Crippen LogP contribution in [0.3, 0.4) is 0 Å². The third-order valence-corrected chi connectivity index (χ3v) is 4.16. The lowest BCUT2D eigenvalue weighted by Gasteiger charge is -2.14. The van der Waals surface area contributed by atoms with Crippen molar-refractivity contribution >= 4 is 11.3 Å². The second-order valence-electron chi connectivity index (χ2n) is 4.83. The van der Waals surface area contributed by atoms with Crippen LogP contribution in [0.25, 0.3) is 0 Å². The molecule has 2 heterocycles. The van der Waals surface area contributed by atoms with E-state index in [0.29, 0.717) is 0 Å². The zero-order valence-corrected chi connectivity index (χ0v) is 11.6. The van der Waals surface area contributed by atoms with Gasteiger partial charge in [0, 0.05) is 0 Å². The molecule has 1 fully saturated rings. The number of nitrogens with zero attached hydrogens (tertiary/aromatic N) is 2. The summed E-state index contributed by atoms with van der Waals surface area (Å²) in [6.07, 6.45) is 5.12. The Morgan fingerprint density at radius 3 is 2.89 bits per heavy atom. The fraction of sp³-hybridized carbons (Fsp3) is 0.643. The van der Waals surface area contributed by atoms with Crippen LogP contribution >= 0.6 is 11.3 Å². The Labute approximate surface area is 113 Å². The third kappa shape index (κ3) is 4.09. The molecule has 98 valence electrons. The number of hydrogen-bond acceptors (Lipinski definition) is 4. The predicted molar refractivity (Wildman–Crippen MR) is 75.6 cm³/mol. The van der Waals surface area contributed by atoms with Crippen molar-refractivity contribution in [3.05, 3.63) is 22.4 Å². The molecule has 0 aliphatic carbocycles. The first kappa shape index (κ1) is 13.5. The summed E-state index contributed by atoms with van der Waals surface area (Å²) in [5.74, 6) is 0. The van der Waals surface area contributed by atoms with Gasteiger partial charge in [0.2, 0.25) is 0 Å². The Morgan fingerprint density at radius 1 is 1.39 bits per heavy atom. The van der Waals surface area contributed by atoms with Crippen molar-refractivity contribution in [1.29, 1.82) is 5.26 Å². The minimum Gasteiger partial charge on any atom is -0.303 e. The van der Waals surface area contributed by atoms with E-state index in [4.69, 9.17) is 5.26 Å². The van der Waals surface area contributed by atoms with E-state index in [0.717, 1.165) is 18.5 Å². The van der Waals surface area contributed by atoms with Gasteiger partial charge in [-0.2, -0.15) is 16.6 Å². The first-order chi connectivity index (χ1) is 8.90. The summed E-state index contributed by atoms with van der Waals surface area (Å²) in [4.78, 5) is 2.54. The van der Waals surface area contributed by atoms with Gasteiger partial charge in [0.15, 0.2) is 0 Å². The molecule has 2 rings (SSSR count). The van der Waals surface area contributed by atoms with Crippen LogP contribution < -0.4 is 5.32 Å². The van der Waals surface area contributed by atoms with Crippen LogP contribution in [0.5, 0.6) is 0 Å². The Balaban J connectivity index is 1.58. The summed E-state index contributed by atoms with van der Waals surface area (Å²) in [6, 6.07) is 4.21. The van der Waals surface area contributed by atoms with Crippen LogP contribution in [0.15, 0.2) is 16.8 Å². The Bertz CT molecular complexity index is 363. The Hall–Kier alpha value is -0.890. The van der Waals surface area contributed by atoms with Crippen molar-refractivity contribution in [2.24, 2.45) is 0 Å². The summed E-state index contributed by atoms with van der Waals surface area (Å²) in [5.41, 5.74) is 1.10. The van der Waals surface area contributed by atoms with Crippen molar-refractivity contribution in [1.82, 2.24) is 10.2 Å². The van der Waals surface area contributed by atoms with E-state index in [9.17, 15) is 0 Å². The van der Waals surface area contributed by atoms with Crippen molar-refractivity contribution in [2.75, 3.05) is 26.2 Å². The second kappa shape index (κ2) is 7.52. The Morgan fingerprint density at radius 2 is 2.22 bits per heavy atom. The van der Waals surface area contributed by atoms with Gasteiger partial charge < -0.3 is 4.90 Å². The lowest BCUT2D eigenvalue weighted by molar-refractivity contribution is 0.328. The zero-order valence-electron chi connectivity index (χ0n) is 10.8. The minimum absolute atomic E-state index is 0.136. The van der Waals surface area contributed by atoms with E-state index in [1.165, 1.54) is 38.9 Å². The molecule has 1 N–H and O–H groups in total. The molecule has 1 aromatic heterocycles. The van der Waals surface area contributed by atoms with Gasteiger partial charge in [0.25, 0.3) is 0 Å². The quantitative estimate of drug-likeness (QED) is 0.769. The maximum Gasteiger partial charge on any atom is 0.122 e. The fourth-order valence-electron chi connectivity index (χ4n) is 2.39. The van der Waals surface area contributed by atoms with Crippen LogP contribution in [0.4, 0.5) is 0 Å². The molecular formula is C14H21N3S. The molecule has 1 aliphatic heterocycles. The van der Waals surface area contributed by atoms with Gasteiger partial charge in [-0.25, -0.2) is 0 Å². The van der Waals surface area contributed by atoms with E-state index in [1.807, 2.05) is 16.8 Å². The van der Waals surface area contributed by atoms with Gasteiger partial charge in [0.05, 0.1) is 6.07 Å². The van der Waals surface area contributed by atoms with E-state index in [2.05, 4.69) is 16.3 Å². The van der Waals surface area contributed by atoms with Crippen LogP contribution in [0.2, 0.25) is 0 Å². The smallest absolute Gasteiger partial charge is 0.122 e. The summed E-state index contributed by atoms with van der Waals surface area (Å²) in [6.45, 7) is 4.71. The highest BCUT2D eigenvalue weighted by atomic mass is 32.1. The maximum atomic E-state index is 9.11. The van der Waals surface area contributed by atoms with Crippen LogP contribution in [0.1, 0.15) is 37.3 Å². The number of nitrogens with one attached hydrogen (secondary N) is 1. The first-order valence-corrected chi connectivity index (χ1v) is 7.72. The SMILES string of the molecule is N#CC(NCCCCN1CCCC1)c1ccsc1. The largest absolute Gasteiger partial charge is 0.303 e. The highest BCUT2D eigenvalue weighted by molar-refractivity contribution is 7.08. The molecule has 1 aromatic rings. The molecule has 0 radical (unpaired) electrons. The van der Waals surface area contributed by atoms with Crippen LogP contribution in [0, 0.1) is 11.3 Å². The topological polar surface area (TPSA) is 39.1 Å². The van der Waals surface area contributed by atoms with Gasteiger partial charge in [-0.1, -0.05) is 0 Å². The lowest BCUT2D eigenvalue weighted by Crippen LogP contribution is -2.23. The molecule has 0 amide bonds. The molecule has 0 spiro atoms. The maximum absolute atomic E-state index is 9.11. The molecule has 4 heteroatoms. The van der Waals surface area contributed by atoms with Gasteiger partial charge in [0.1, 0.15) is 6.04 Å². The van der Waals surface area contributed by atoms with Crippen molar-refractivity contribution in [3.63, 3.8) is 0 Å². The monoisotopic (exact) mass is 263 g/mol. The van der Waals surface area contributed by atoms with Gasteiger partial charge >= 0.3 is 0 Å². The molecule has 1 aliphatic rings. The highest BCUT2D eigenvalue weighted by Gasteiger charge is 2.11. The molecule has 1 atom stereocenters. The standard InChI is InChI=1S/C14H21N3S/c15-11-14(13-5-10-18-12-13)16-6-1-2-7-17-8-3-4-9-17/h5,10,12,14,16H,1-4,6-9H2. The first-order valence-electron chi connectivity index (χ1n) is 6.77. The van der Waals surface area contributed by atoms with Crippen LogP contribution in [-0.2, 0) is 0 Å². The lowest BCUT2D eigenvalue weighted by atomic mass is 10.1. The van der Waals surface area contributed by atoms with E-state index < -0.39 is 0 Å². The molecule has 0 aromatic carbocycles. The predicted octanol–water partition coefficient (Wildman–Crippen LogP) is 2.78. The number of thiophene rings is 1. The van der Waals surface area contributed by atoms with E-state index in [1.54, 1.807) is 11.3 Å². The minimum atomic E-state index is -0.136. The highest BCUT2D eigenvalue weighted by Crippen LogP contribution is 2.15. The molecule has 0 saturated carbocycles. The number of nitriles is 1. The van der Waals surface area contributed by atoms with Crippen LogP contribution in [-0.4, -0.2) is 31.1 Å². The second-order valence-corrected chi connectivity index (χ2v) is 5.61. The molecule has 3 nitrogen and oxygen atoms in total. The van der Waals surface area contributed by atoms with Gasteiger partial charge in [-0.15, -0.1) is 0 Å².